The number of carbonyl (C=O) groups is 3. The molecular formula is C29H26F5N3O4. The summed E-state index contributed by atoms with van der Waals surface area (Å²) in [6, 6.07) is 3.84. The van der Waals surface area contributed by atoms with Gasteiger partial charge in [-0.05, 0) is 67.2 Å². The summed E-state index contributed by atoms with van der Waals surface area (Å²) in [5.74, 6) is -4.26. The fraction of sp³-hybridized carbons (Fsp3) is 0.379. The molecule has 1 aromatic carbocycles. The van der Waals surface area contributed by atoms with Gasteiger partial charge in [-0.25, -0.2) is 13.6 Å². The molecule has 7 nitrogen and oxygen atoms in total. The van der Waals surface area contributed by atoms with Crippen molar-refractivity contribution in [3.8, 4) is 0 Å². The van der Waals surface area contributed by atoms with Gasteiger partial charge in [0.15, 0.2) is 11.4 Å². The van der Waals surface area contributed by atoms with Gasteiger partial charge in [-0.2, -0.15) is 13.2 Å². The number of aromatic nitrogens is 1. The van der Waals surface area contributed by atoms with Gasteiger partial charge in [0.1, 0.15) is 17.7 Å². The Morgan fingerprint density at radius 3 is 2.49 bits per heavy atom. The highest BCUT2D eigenvalue weighted by Gasteiger charge is 2.58. The highest BCUT2D eigenvalue weighted by atomic mass is 19.4. The van der Waals surface area contributed by atoms with Gasteiger partial charge in [-0.15, -0.1) is 0 Å². The van der Waals surface area contributed by atoms with Crippen molar-refractivity contribution in [2.75, 3.05) is 6.54 Å². The lowest BCUT2D eigenvalue weighted by Crippen LogP contribution is -2.47. The van der Waals surface area contributed by atoms with Crippen LogP contribution in [-0.4, -0.2) is 52.0 Å². The number of fused-ring (bicyclic) bond motifs is 2. The normalized spacial score (nSPS) is 24.4. The number of alkyl halides is 3. The zero-order valence-corrected chi connectivity index (χ0v) is 22.1. The van der Waals surface area contributed by atoms with Gasteiger partial charge in [0.05, 0.1) is 24.4 Å². The maximum atomic E-state index is 13.9. The van der Waals surface area contributed by atoms with Crippen molar-refractivity contribution < 1.29 is 41.1 Å². The molecule has 1 saturated carbocycles. The first-order valence-corrected chi connectivity index (χ1v) is 13.0. The Hall–Kier alpha value is -4.09. The number of ether oxygens (including phenoxy) is 1. The second kappa shape index (κ2) is 10.4. The number of hydrogen-bond acceptors (Lipinski definition) is 5. The molecule has 216 valence electrons. The van der Waals surface area contributed by atoms with Crippen LogP contribution in [-0.2, 0) is 20.9 Å². The number of aryl methyl sites for hydroxylation is 1. The van der Waals surface area contributed by atoms with E-state index in [9.17, 15) is 36.3 Å². The van der Waals surface area contributed by atoms with Crippen LogP contribution < -0.4 is 5.32 Å². The maximum absolute atomic E-state index is 13.9. The van der Waals surface area contributed by atoms with Crippen LogP contribution in [0, 0.1) is 30.4 Å². The molecule has 2 amide bonds. The fourth-order valence-electron chi connectivity index (χ4n) is 5.92. The molecule has 1 aliphatic heterocycles. The number of benzene rings is 1. The summed E-state index contributed by atoms with van der Waals surface area (Å²) < 4.78 is 74.2. The fourth-order valence-corrected chi connectivity index (χ4v) is 5.92. The summed E-state index contributed by atoms with van der Waals surface area (Å²) in [6.07, 6.45) is -1.78. The van der Waals surface area contributed by atoms with Crippen LogP contribution in [0.3, 0.4) is 0 Å². The van der Waals surface area contributed by atoms with Crippen LogP contribution >= 0.6 is 0 Å². The van der Waals surface area contributed by atoms with Gasteiger partial charge >= 0.3 is 12.3 Å². The zero-order valence-electron chi connectivity index (χ0n) is 22.1. The van der Waals surface area contributed by atoms with E-state index >= 15 is 0 Å². The van der Waals surface area contributed by atoms with E-state index in [1.165, 1.54) is 24.3 Å². The molecule has 0 radical (unpaired) electrons. The van der Waals surface area contributed by atoms with Crippen molar-refractivity contribution in [3.63, 3.8) is 0 Å². The average Bonchev–Trinajstić information content (AvgIpc) is 3.42. The number of Topliss-reactive ketones (excluding diaryl/α,β-unsaturated/α-hetero) is 1. The van der Waals surface area contributed by atoms with E-state index in [0.717, 1.165) is 25.3 Å². The number of nitrogens with one attached hydrogen (secondary N) is 1. The minimum absolute atomic E-state index is 0.0292. The van der Waals surface area contributed by atoms with E-state index in [1.54, 1.807) is 13.0 Å². The first-order valence-electron chi connectivity index (χ1n) is 13.0. The minimum Gasteiger partial charge on any atom is -0.436 e. The molecule has 2 aromatic rings. The van der Waals surface area contributed by atoms with Crippen LogP contribution in [0.5, 0.6) is 0 Å². The third-order valence-corrected chi connectivity index (χ3v) is 7.97. The van der Waals surface area contributed by atoms with E-state index in [-0.39, 0.29) is 24.2 Å². The third kappa shape index (κ3) is 5.34. The van der Waals surface area contributed by atoms with E-state index in [0.29, 0.717) is 21.6 Å². The van der Waals surface area contributed by atoms with Crippen molar-refractivity contribution in [2.24, 2.45) is 11.8 Å². The van der Waals surface area contributed by atoms with Gasteiger partial charge < -0.3 is 15.0 Å². The number of pyridine rings is 1. The number of rotatable bonds is 6. The largest absolute Gasteiger partial charge is 0.436 e. The summed E-state index contributed by atoms with van der Waals surface area (Å²) >= 11 is 0. The lowest BCUT2D eigenvalue weighted by molar-refractivity contribution is -0.187. The Bertz CT molecular complexity index is 1470. The smallest absolute Gasteiger partial charge is 0.408 e. The highest BCUT2D eigenvalue weighted by molar-refractivity contribution is 6.24. The predicted octanol–water partition coefficient (Wildman–Crippen LogP) is 5.05. The standard InChI is InChI=1S/C29H26F5N3O4/c1-15-9-20(31)12-35-25(15)21-7-8-22-24(26(21)39)18(11-28(22)14-36-27(40)41-28)10-23(38)37(16(2)29(32,33)34)13-17-3-5-19(30)6-4-17/h3-9,12,16,18,24H,10-11,13-14H2,1-2H3,(H,36,40)/t16-,18?,24?,28-/m0/s1. The number of hydrogen-bond donors (Lipinski definition) is 1. The Labute approximate surface area is 232 Å². The molecule has 5 rings (SSSR count). The van der Waals surface area contributed by atoms with Crippen LogP contribution in [0.1, 0.15) is 36.6 Å². The molecule has 1 spiro atoms. The number of alkyl carbamates (subject to hydrolysis) is 1. The van der Waals surface area contributed by atoms with Gasteiger partial charge in [0, 0.05) is 18.5 Å². The molecule has 12 heteroatoms. The monoisotopic (exact) mass is 575 g/mol. The van der Waals surface area contributed by atoms with E-state index in [2.05, 4.69) is 10.3 Å². The summed E-state index contributed by atoms with van der Waals surface area (Å²) in [6.45, 7) is 2.05. The average molecular weight is 576 g/mol. The lowest BCUT2D eigenvalue weighted by Gasteiger charge is -2.32. The molecule has 1 saturated heterocycles. The summed E-state index contributed by atoms with van der Waals surface area (Å²) in [5.41, 5.74) is 0.298. The van der Waals surface area contributed by atoms with Crippen LogP contribution in [0.4, 0.5) is 26.7 Å². The second-order valence-corrected chi connectivity index (χ2v) is 10.6. The second-order valence-electron chi connectivity index (χ2n) is 10.6. The number of nitrogens with zero attached hydrogens (tertiary/aromatic N) is 2. The van der Waals surface area contributed by atoms with E-state index in [4.69, 9.17) is 4.74 Å². The van der Waals surface area contributed by atoms with E-state index < -0.39 is 72.0 Å². The third-order valence-electron chi connectivity index (χ3n) is 7.97. The van der Waals surface area contributed by atoms with E-state index in [1.807, 2.05) is 0 Å². The zero-order chi connectivity index (χ0) is 29.7. The number of halogens is 5. The topological polar surface area (TPSA) is 88.6 Å². The Morgan fingerprint density at radius 1 is 1.17 bits per heavy atom. The van der Waals surface area contributed by atoms with Crippen molar-refractivity contribution in [1.29, 1.82) is 0 Å². The molecule has 3 aliphatic rings. The molecular weight excluding hydrogens is 549 g/mol. The van der Waals surface area contributed by atoms with Crippen molar-refractivity contribution in [2.45, 2.75) is 51.1 Å². The van der Waals surface area contributed by atoms with Crippen molar-refractivity contribution in [3.05, 3.63) is 82.7 Å². The molecule has 2 heterocycles. The lowest BCUT2D eigenvalue weighted by atomic mass is 9.78. The SMILES string of the molecule is Cc1cc(F)cnc1C1=CC=C2C(C1=O)C(CC(=O)N(Cc1ccc(F)cc1)[C@@H](C)C(F)(F)F)C[C@]21CNC(=O)O1. The highest BCUT2D eigenvalue weighted by Crippen LogP contribution is 2.52. The summed E-state index contributed by atoms with van der Waals surface area (Å²) in [4.78, 5) is 44.3. The van der Waals surface area contributed by atoms with Crippen molar-refractivity contribution >= 4 is 23.4 Å². The summed E-state index contributed by atoms with van der Waals surface area (Å²) in [7, 11) is 0. The molecule has 0 bridgehead atoms. The van der Waals surface area contributed by atoms with Gasteiger partial charge in [-0.3, -0.25) is 14.6 Å². The first kappa shape index (κ1) is 28.4. The van der Waals surface area contributed by atoms with Crippen LogP contribution in [0.15, 0.2) is 54.3 Å². The quantitative estimate of drug-likeness (QED) is 0.488. The Balaban J connectivity index is 1.48. The molecule has 2 unspecified atom stereocenters. The Kier molecular flexibility index (Phi) is 7.20. The summed E-state index contributed by atoms with van der Waals surface area (Å²) in [5, 5.41) is 2.57. The van der Waals surface area contributed by atoms with Gasteiger partial charge in [-0.1, -0.05) is 18.2 Å². The minimum atomic E-state index is -4.75. The van der Waals surface area contributed by atoms with Gasteiger partial charge in [0.2, 0.25) is 5.91 Å². The molecule has 2 aliphatic carbocycles. The molecule has 1 aromatic heterocycles. The van der Waals surface area contributed by atoms with Crippen LogP contribution in [0.25, 0.3) is 5.57 Å². The maximum Gasteiger partial charge on any atom is 0.408 e. The van der Waals surface area contributed by atoms with Crippen molar-refractivity contribution in [1.82, 2.24) is 15.2 Å². The number of carbonyl (C=O) groups excluding carboxylic acids is 3. The number of amides is 2. The van der Waals surface area contributed by atoms with Gasteiger partial charge in [0.25, 0.3) is 0 Å². The number of ketones is 1. The number of allylic oxidation sites excluding steroid dienone is 3. The molecule has 4 atom stereocenters. The van der Waals surface area contributed by atoms with Crippen LogP contribution in [0.2, 0.25) is 0 Å². The molecule has 2 fully saturated rings. The molecule has 1 N–H and O–H groups in total. The Morgan fingerprint density at radius 2 is 1.88 bits per heavy atom. The first-order chi connectivity index (χ1) is 19.3. The molecule has 41 heavy (non-hydrogen) atoms. The predicted molar refractivity (Wildman–Crippen MR) is 136 cm³/mol.